The minimum atomic E-state index is -0.0447. The molecule has 0 unspecified atom stereocenters. The SMILES string of the molecule is CCCn1ccnc(NCCc2ccc(Br)s2)c1=O. The molecule has 0 fully saturated rings. The highest BCUT2D eigenvalue weighted by molar-refractivity contribution is 9.11. The molecule has 0 aliphatic rings. The molecular weight excluding hydrogens is 326 g/mol. The van der Waals surface area contributed by atoms with E-state index in [0.29, 0.717) is 12.4 Å². The first-order chi connectivity index (χ1) is 9.20. The summed E-state index contributed by atoms with van der Waals surface area (Å²) in [7, 11) is 0. The van der Waals surface area contributed by atoms with Crippen molar-refractivity contribution in [2.24, 2.45) is 0 Å². The number of hydrogen-bond acceptors (Lipinski definition) is 4. The molecule has 2 aromatic heterocycles. The molecule has 0 atom stereocenters. The lowest BCUT2D eigenvalue weighted by molar-refractivity contribution is 0.649. The lowest BCUT2D eigenvalue weighted by Gasteiger charge is -2.07. The van der Waals surface area contributed by atoms with Crippen molar-refractivity contribution < 1.29 is 0 Å². The molecule has 0 amide bonds. The first-order valence-electron chi connectivity index (χ1n) is 6.24. The minimum absolute atomic E-state index is 0.0447. The molecule has 102 valence electrons. The monoisotopic (exact) mass is 341 g/mol. The molecule has 2 heterocycles. The van der Waals surface area contributed by atoms with Crippen molar-refractivity contribution in [3.8, 4) is 0 Å². The maximum Gasteiger partial charge on any atom is 0.293 e. The van der Waals surface area contributed by atoms with Gasteiger partial charge in [-0.05, 0) is 40.9 Å². The predicted octanol–water partition coefficient (Wildman–Crippen LogP) is 3.13. The Morgan fingerprint density at radius 3 is 3.00 bits per heavy atom. The minimum Gasteiger partial charge on any atom is -0.365 e. The van der Waals surface area contributed by atoms with Crippen LogP contribution in [0.5, 0.6) is 0 Å². The smallest absolute Gasteiger partial charge is 0.293 e. The predicted molar refractivity (Wildman–Crippen MR) is 83.0 cm³/mol. The molecule has 0 spiro atoms. The molecular formula is C13H16BrN3OS. The van der Waals surface area contributed by atoms with Gasteiger partial charge in [-0.2, -0.15) is 0 Å². The Labute approximate surface area is 124 Å². The largest absolute Gasteiger partial charge is 0.365 e. The highest BCUT2D eigenvalue weighted by Crippen LogP contribution is 2.22. The van der Waals surface area contributed by atoms with Crippen LogP contribution in [0.2, 0.25) is 0 Å². The second kappa shape index (κ2) is 6.86. The fourth-order valence-electron chi connectivity index (χ4n) is 1.78. The van der Waals surface area contributed by atoms with Crippen molar-refractivity contribution >= 4 is 33.1 Å². The Morgan fingerprint density at radius 2 is 2.32 bits per heavy atom. The first kappa shape index (κ1) is 14.3. The Balaban J connectivity index is 1.96. The number of anilines is 1. The quantitative estimate of drug-likeness (QED) is 0.877. The van der Waals surface area contributed by atoms with Gasteiger partial charge in [0.2, 0.25) is 0 Å². The molecule has 0 aromatic carbocycles. The van der Waals surface area contributed by atoms with Gasteiger partial charge in [0.15, 0.2) is 5.82 Å². The second-order valence-corrected chi connectivity index (χ2v) is 6.70. The fourth-order valence-corrected chi connectivity index (χ4v) is 3.26. The van der Waals surface area contributed by atoms with E-state index in [1.54, 1.807) is 28.3 Å². The summed E-state index contributed by atoms with van der Waals surface area (Å²) in [4.78, 5) is 17.4. The van der Waals surface area contributed by atoms with E-state index in [-0.39, 0.29) is 5.56 Å². The van der Waals surface area contributed by atoms with Gasteiger partial charge in [0.05, 0.1) is 3.79 Å². The van der Waals surface area contributed by atoms with Gasteiger partial charge in [0, 0.05) is 30.4 Å². The van der Waals surface area contributed by atoms with Crippen molar-refractivity contribution in [3.05, 3.63) is 43.5 Å². The number of aromatic nitrogens is 2. The highest BCUT2D eigenvalue weighted by Gasteiger charge is 2.04. The summed E-state index contributed by atoms with van der Waals surface area (Å²) in [6.07, 6.45) is 5.22. The van der Waals surface area contributed by atoms with E-state index in [9.17, 15) is 4.79 Å². The van der Waals surface area contributed by atoms with Crippen molar-refractivity contribution in [3.63, 3.8) is 0 Å². The standard InChI is InChI=1S/C13H16BrN3OS/c1-2-8-17-9-7-16-12(13(17)18)15-6-5-10-3-4-11(14)19-10/h3-4,7,9H,2,5-6,8H2,1H3,(H,15,16). The molecule has 0 saturated carbocycles. The van der Waals surface area contributed by atoms with E-state index in [0.717, 1.165) is 23.2 Å². The fraction of sp³-hybridized carbons (Fsp3) is 0.385. The van der Waals surface area contributed by atoms with Gasteiger partial charge >= 0.3 is 0 Å². The van der Waals surface area contributed by atoms with Gasteiger partial charge in [-0.25, -0.2) is 4.98 Å². The van der Waals surface area contributed by atoms with Gasteiger partial charge in [0.1, 0.15) is 0 Å². The first-order valence-corrected chi connectivity index (χ1v) is 7.85. The Morgan fingerprint density at radius 1 is 1.47 bits per heavy atom. The molecule has 0 radical (unpaired) electrons. The van der Waals surface area contributed by atoms with E-state index < -0.39 is 0 Å². The van der Waals surface area contributed by atoms with Crippen LogP contribution in [0.25, 0.3) is 0 Å². The average Bonchev–Trinajstić information content (AvgIpc) is 2.80. The van der Waals surface area contributed by atoms with Crippen LogP contribution in [-0.4, -0.2) is 16.1 Å². The molecule has 6 heteroatoms. The maximum atomic E-state index is 12.0. The summed E-state index contributed by atoms with van der Waals surface area (Å²) >= 11 is 5.15. The third-order valence-electron chi connectivity index (χ3n) is 2.67. The highest BCUT2D eigenvalue weighted by atomic mass is 79.9. The van der Waals surface area contributed by atoms with Crippen molar-refractivity contribution in [2.75, 3.05) is 11.9 Å². The van der Waals surface area contributed by atoms with Crippen molar-refractivity contribution in [1.29, 1.82) is 0 Å². The van der Waals surface area contributed by atoms with Gasteiger partial charge < -0.3 is 9.88 Å². The molecule has 19 heavy (non-hydrogen) atoms. The number of nitrogens with zero attached hydrogens (tertiary/aromatic N) is 2. The van der Waals surface area contributed by atoms with E-state index >= 15 is 0 Å². The van der Waals surface area contributed by atoms with E-state index in [1.165, 1.54) is 4.88 Å². The normalized spacial score (nSPS) is 10.6. The summed E-state index contributed by atoms with van der Waals surface area (Å²) < 4.78 is 2.82. The van der Waals surface area contributed by atoms with Crippen LogP contribution in [0, 0.1) is 0 Å². The molecule has 0 saturated heterocycles. The van der Waals surface area contributed by atoms with Crippen molar-refractivity contribution in [1.82, 2.24) is 9.55 Å². The molecule has 0 aliphatic heterocycles. The second-order valence-electron chi connectivity index (χ2n) is 4.16. The molecule has 0 bridgehead atoms. The lowest BCUT2D eigenvalue weighted by atomic mass is 10.3. The topological polar surface area (TPSA) is 46.9 Å². The van der Waals surface area contributed by atoms with Crippen LogP contribution in [0.4, 0.5) is 5.82 Å². The van der Waals surface area contributed by atoms with Gasteiger partial charge in [-0.15, -0.1) is 11.3 Å². The molecule has 1 N–H and O–H groups in total. The Hall–Kier alpha value is -1.14. The van der Waals surface area contributed by atoms with Crippen LogP contribution in [0.1, 0.15) is 18.2 Å². The van der Waals surface area contributed by atoms with E-state index in [4.69, 9.17) is 0 Å². The summed E-state index contributed by atoms with van der Waals surface area (Å²) in [5.41, 5.74) is -0.0447. The molecule has 4 nitrogen and oxygen atoms in total. The number of hydrogen-bond donors (Lipinski definition) is 1. The molecule has 0 aliphatic carbocycles. The third kappa shape index (κ3) is 3.91. The van der Waals surface area contributed by atoms with Gasteiger partial charge in [-0.3, -0.25) is 4.79 Å². The van der Waals surface area contributed by atoms with E-state index in [2.05, 4.69) is 39.2 Å². The zero-order chi connectivity index (χ0) is 13.7. The number of thiophene rings is 1. The Kier molecular flexibility index (Phi) is 5.15. The average molecular weight is 342 g/mol. The van der Waals surface area contributed by atoms with Crippen molar-refractivity contribution in [2.45, 2.75) is 26.3 Å². The van der Waals surface area contributed by atoms with Crippen LogP contribution in [-0.2, 0) is 13.0 Å². The summed E-state index contributed by atoms with van der Waals surface area (Å²) in [5, 5.41) is 3.12. The Bertz CT molecular complexity index is 594. The van der Waals surface area contributed by atoms with Crippen LogP contribution >= 0.6 is 27.3 Å². The third-order valence-corrected chi connectivity index (χ3v) is 4.35. The zero-order valence-corrected chi connectivity index (χ0v) is 13.1. The van der Waals surface area contributed by atoms with Crippen LogP contribution < -0.4 is 10.9 Å². The number of rotatable bonds is 6. The molecule has 2 rings (SSSR count). The summed E-state index contributed by atoms with van der Waals surface area (Å²) in [6.45, 7) is 3.49. The number of halogens is 1. The number of nitrogens with one attached hydrogen (secondary N) is 1. The van der Waals surface area contributed by atoms with Crippen LogP contribution in [0.15, 0.2) is 33.1 Å². The van der Waals surface area contributed by atoms with Crippen LogP contribution in [0.3, 0.4) is 0 Å². The van der Waals surface area contributed by atoms with E-state index in [1.807, 2.05) is 6.07 Å². The summed E-state index contributed by atoms with van der Waals surface area (Å²) in [5.74, 6) is 0.437. The molecule has 2 aromatic rings. The zero-order valence-electron chi connectivity index (χ0n) is 10.7. The summed E-state index contributed by atoms with van der Waals surface area (Å²) in [6, 6.07) is 4.12. The lowest BCUT2D eigenvalue weighted by Crippen LogP contribution is -2.24. The number of aryl methyl sites for hydroxylation is 1. The van der Waals surface area contributed by atoms with Gasteiger partial charge in [0.25, 0.3) is 5.56 Å². The van der Waals surface area contributed by atoms with Gasteiger partial charge in [-0.1, -0.05) is 6.92 Å². The maximum absolute atomic E-state index is 12.0.